The maximum absolute atomic E-state index is 13.1. The van der Waals surface area contributed by atoms with Crippen LogP contribution in [0.4, 0.5) is 5.69 Å². The first kappa shape index (κ1) is 23.8. The summed E-state index contributed by atoms with van der Waals surface area (Å²) in [5.41, 5.74) is 5.06. The third-order valence-electron chi connectivity index (χ3n) is 8.43. The maximum atomic E-state index is 13.1. The Hall–Kier alpha value is -4.27. The molecule has 4 amide bonds. The molecule has 1 saturated heterocycles. The molecule has 1 aromatic heterocycles. The van der Waals surface area contributed by atoms with Gasteiger partial charge in [0, 0.05) is 36.3 Å². The van der Waals surface area contributed by atoms with Crippen molar-refractivity contribution in [3.8, 4) is 11.1 Å². The van der Waals surface area contributed by atoms with E-state index in [0.29, 0.717) is 29.0 Å². The van der Waals surface area contributed by atoms with Crippen molar-refractivity contribution in [2.24, 2.45) is 5.92 Å². The van der Waals surface area contributed by atoms with Gasteiger partial charge in [-0.1, -0.05) is 30.3 Å². The van der Waals surface area contributed by atoms with Crippen LogP contribution in [-0.4, -0.2) is 50.9 Å². The summed E-state index contributed by atoms with van der Waals surface area (Å²) in [6, 6.07) is 15.1. The van der Waals surface area contributed by atoms with Crippen LogP contribution in [0.15, 0.2) is 54.7 Å². The van der Waals surface area contributed by atoms with Crippen LogP contribution in [-0.2, 0) is 9.59 Å². The lowest BCUT2D eigenvalue weighted by Crippen LogP contribution is -2.54. The van der Waals surface area contributed by atoms with E-state index in [2.05, 4.69) is 45.8 Å². The van der Waals surface area contributed by atoms with Crippen LogP contribution in [0.1, 0.15) is 76.9 Å². The lowest BCUT2D eigenvalue weighted by Gasteiger charge is -2.35. The van der Waals surface area contributed by atoms with Crippen molar-refractivity contribution in [3.05, 3.63) is 71.5 Å². The minimum absolute atomic E-state index is 0.104. The number of benzene rings is 2. The van der Waals surface area contributed by atoms with Gasteiger partial charge in [0.25, 0.3) is 11.8 Å². The van der Waals surface area contributed by atoms with E-state index in [1.165, 1.54) is 29.7 Å². The average Bonchev–Trinajstić information content (AvgIpc) is 3.62. The molecule has 0 bridgehead atoms. The fraction of sp³-hybridized carbons (Fsp3) is 0.367. The fourth-order valence-electron chi connectivity index (χ4n) is 6.02. The number of nitrogens with one attached hydrogen (secondary N) is 2. The minimum Gasteiger partial charge on any atom is -0.385 e. The molecular formula is C30H29N5O4. The summed E-state index contributed by atoms with van der Waals surface area (Å²) < 4.78 is 2.16. The van der Waals surface area contributed by atoms with Gasteiger partial charge in [0.1, 0.15) is 6.04 Å². The van der Waals surface area contributed by atoms with Gasteiger partial charge in [0.05, 0.1) is 22.9 Å². The fourth-order valence-corrected chi connectivity index (χ4v) is 6.02. The maximum Gasteiger partial charge on any atom is 0.262 e. The standard InChI is InChI=1S/C30H29N5O4/c36-26-11-10-25(28(37)32-26)35-29(38)22-9-8-20(14-23(22)30(35)39)31-15-17-12-21(13-17)34-16-24(18-4-2-1-3-5-18)27(33-34)19-6-7-19/h1-5,8-9,14,16-17,19,21,25,31H,6-7,10-13,15H2,(H,32,36,37). The molecule has 4 aliphatic rings. The van der Waals surface area contributed by atoms with E-state index in [9.17, 15) is 19.2 Å². The van der Waals surface area contributed by atoms with Gasteiger partial charge in [-0.05, 0) is 61.8 Å². The number of carbonyl (C=O) groups is 4. The number of aromatic nitrogens is 2. The molecular weight excluding hydrogens is 494 g/mol. The van der Waals surface area contributed by atoms with E-state index in [1.807, 2.05) is 6.07 Å². The van der Waals surface area contributed by atoms with Gasteiger partial charge in [0.15, 0.2) is 0 Å². The Balaban J connectivity index is 0.987. The zero-order chi connectivity index (χ0) is 26.7. The van der Waals surface area contributed by atoms with E-state index in [0.717, 1.165) is 30.0 Å². The first-order valence-corrected chi connectivity index (χ1v) is 13.7. The van der Waals surface area contributed by atoms with Crippen molar-refractivity contribution >= 4 is 29.3 Å². The summed E-state index contributed by atoms with van der Waals surface area (Å²) in [5, 5.41) is 10.7. The van der Waals surface area contributed by atoms with Gasteiger partial charge in [-0.15, -0.1) is 0 Å². The van der Waals surface area contributed by atoms with Crippen LogP contribution in [0.2, 0.25) is 0 Å². The molecule has 2 aliphatic heterocycles. The molecule has 2 N–H and O–H groups in total. The van der Waals surface area contributed by atoms with Crippen molar-refractivity contribution in [2.45, 2.75) is 56.5 Å². The molecule has 1 unspecified atom stereocenters. The zero-order valence-corrected chi connectivity index (χ0v) is 21.4. The highest BCUT2D eigenvalue weighted by molar-refractivity contribution is 6.23. The molecule has 198 valence electrons. The zero-order valence-electron chi connectivity index (χ0n) is 21.4. The van der Waals surface area contributed by atoms with Crippen LogP contribution in [0.5, 0.6) is 0 Å². The summed E-state index contributed by atoms with van der Waals surface area (Å²) >= 11 is 0. The smallest absolute Gasteiger partial charge is 0.262 e. The van der Waals surface area contributed by atoms with Crippen LogP contribution in [0.25, 0.3) is 11.1 Å². The summed E-state index contributed by atoms with van der Waals surface area (Å²) in [4.78, 5) is 50.8. The minimum atomic E-state index is -0.955. The van der Waals surface area contributed by atoms with Crippen LogP contribution in [0.3, 0.4) is 0 Å². The number of carbonyl (C=O) groups excluding carboxylic acids is 4. The molecule has 2 aromatic carbocycles. The SMILES string of the molecule is O=C1CCC(N2C(=O)c3ccc(NCC4CC(n5cc(-c6ccccc6)c(C6CC6)n5)C4)cc3C2=O)C(=O)N1. The Morgan fingerprint density at radius 3 is 2.41 bits per heavy atom. The largest absolute Gasteiger partial charge is 0.385 e. The molecule has 3 aromatic rings. The first-order valence-electron chi connectivity index (χ1n) is 13.7. The number of nitrogens with zero attached hydrogens (tertiary/aromatic N) is 3. The molecule has 3 heterocycles. The third-order valence-corrected chi connectivity index (χ3v) is 8.43. The summed E-state index contributed by atoms with van der Waals surface area (Å²) in [7, 11) is 0. The number of imide groups is 2. The Morgan fingerprint density at radius 1 is 0.897 bits per heavy atom. The van der Waals surface area contributed by atoms with Crippen molar-refractivity contribution in [1.29, 1.82) is 0 Å². The number of rotatable bonds is 7. The van der Waals surface area contributed by atoms with Crippen LogP contribution >= 0.6 is 0 Å². The second-order valence-electron chi connectivity index (χ2n) is 11.1. The molecule has 3 fully saturated rings. The van der Waals surface area contributed by atoms with E-state index < -0.39 is 23.8 Å². The van der Waals surface area contributed by atoms with Crippen molar-refractivity contribution < 1.29 is 19.2 Å². The van der Waals surface area contributed by atoms with Crippen molar-refractivity contribution in [1.82, 2.24) is 20.0 Å². The van der Waals surface area contributed by atoms with Gasteiger partial charge in [-0.3, -0.25) is 34.1 Å². The number of anilines is 1. The molecule has 9 heteroatoms. The predicted molar refractivity (Wildman–Crippen MR) is 143 cm³/mol. The van der Waals surface area contributed by atoms with E-state index in [4.69, 9.17) is 5.10 Å². The van der Waals surface area contributed by atoms with Crippen LogP contribution in [0, 0.1) is 5.92 Å². The summed E-state index contributed by atoms with van der Waals surface area (Å²) in [6.07, 6.45) is 6.96. The Labute approximate surface area is 225 Å². The monoisotopic (exact) mass is 523 g/mol. The Kier molecular flexibility index (Phi) is 5.61. The molecule has 2 saturated carbocycles. The van der Waals surface area contributed by atoms with E-state index in [-0.39, 0.29) is 18.7 Å². The lowest BCUT2D eigenvalue weighted by molar-refractivity contribution is -0.136. The van der Waals surface area contributed by atoms with Crippen molar-refractivity contribution in [3.63, 3.8) is 0 Å². The summed E-state index contributed by atoms with van der Waals surface area (Å²) in [5.74, 6) is -0.900. The number of fused-ring (bicyclic) bond motifs is 1. The normalized spacial score (nSPS) is 24.4. The molecule has 2 aliphatic carbocycles. The lowest BCUT2D eigenvalue weighted by atomic mass is 9.80. The first-order chi connectivity index (χ1) is 19.0. The third kappa shape index (κ3) is 4.22. The van der Waals surface area contributed by atoms with Gasteiger partial charge >= 0.3 is 0 Å². The predicted octanol–water partition coefficient (Wildman–Crippen LogP) is 3.89. The van der Waals surface area contributed by atoms with E-state index in [1.54, 1.807) is 18.2 Å². The number of hydrogen-bond donors (Lipinski definition) is 2. The van der Waals surface area contributed by atoms with Crippen molar-refractivity contribution in [2.75, 3.05) is 11.9 Å². The molecule has 0 radical (unpaired) electrons. The molecule has 9 nitrogen and oxygen atoms in total. The van der Waals surface area contributed by atoms with Gasteiger partial charge in [-0.25, -0.2) is 0 Å². The highest BCUT2D eigenvalue weighted by Gasteiger charge is 2.44. The number of piperidine rings is 1. The number of amides is 4. The quantitative estimate of drug-likeness (QED) is 0.455. The van der Waals surface area contributed by atoms with Gasteiger partial charge in [0.2, 0.25) is 11.8 Å². The average molecular weight is 524 g/mol. The highest BCUT2D eigenvalue weighted by atomic mass is 16.2. The number of hydrogen-bond acceptors (Lipinski definition) is 6. The molecule has 39 heavy (non-hydrogen) atoms. The second kappa shape index (κ2) is 9.18. The molecule has 1 atom stereocenters. The van der Waals surface area contributed by atoms with Gasteiger partial charge in [-0.2, -0.15) is 5.10 Å². The Morgan fingerprint density at radius 2 is 1.67 bits per heavy atom. The topological polar surface area (TPSA) is 113 Å². The van der Waals surface area contributed by atoms with E-state index >= 15 is 0 Å². The summed E-state index contributed by atoms with van der Waals surface area (Å²) in [6.45, 7) is 0.760. The Bertz CT molecular complexity index is 1500. The second-order valence-corrected chi connectivity index (χ2v) is 11.1. The van der Waals surface area contributed by atoms with Crippen LogP contribution < -0.4 is 10.6 Å². The molecule has 7 rings (SSSR count). The van der Waals surface area contributed by atoms with Gasteiger partial charge < -0.3 is 5.32 Å². The molecule has 0 spiro atoms. The highest BCUT2D eigenvalue weighted by Crippen LogP contribution is 2.45.